The number of hydrogen-bond acceptors (Lipinski definition) is 3. The number of nitrogens with zero attached hydrogens (tertiary/aromatic N) is 2. The first-order chi connectivity index (χ1) is 8.35. The Morgan fingerprint density at radius 1 is 1.56 bits per heavy atom. The Bertz CT molecular complexity index is 445. The molecule has 5 nitrogen and oxygen atoms in total. The van der Waals surface area contributed by atoms with Gasteiger partial charge in [0.05, 0.1) is 16.4 Å². The zero-order valence-electron chi connectivity index (χ0n) is 11.2. The summed E-state index contributed by atoms with van der Waals surface area (Å²) in [5, 5.41) is 17.1. The monoisotopic (exact) mass is 273 g/mol. The van der Waals surface area contributed by atoms with Crippen LogP contribution < -0.4 is 5.32 Å². The van der Waals surface area contributed by atoms with Crippen molar-refractivity contribution >= 4 is 17.6 Å². The number of halogens is 1. The van der Waals surface area contributed by atoms with E-state index in [0.29, 0.717) is 18.0 Å². The lowest BCUT2D eigenvalue weighted by Crippen LogP contribution is -2.48. The van der Waals surface area contributed by atoms with Gasteiger partial charge < -0.3 is 5.11 Å². The molecule has 1 unspecified atom stereocenters. The van der Waals surface area contributed by atoms with Crippen LogP contribution in [-0.4, -0.2) is 26.4 Å². The van der Waals surface area contributed by atoms with E-state index in [4.69, 9.17) is 11.6 Å². The van der Waals surface area contributed by atoms with Gasteiger partial charge in [0, 0.05) is 13.6 Å². The van der Waals surface area contributed by atoms with Gasteiger partial charge in [-0.3, -0.25) is 14.8 Å². The van der Waals surface area contributed by atoms with Crippen molar-refractivity contribution in [3.05, 3.63) is 16.4 Å². The van der Waals surface area contributed by atoms with E-state index >= 15 is 0 Å². The molecule has 0 amide bonds. The largest absolute Gasteiger partial charge is 0.480 e. The van der Waals surface area contributed by atoms with E-state index in [-0.39, 0.29) is 0 Å². The average Bonchev–Trinajstić information content (AvgIpc) is 2.61. The predicted molar refractivity (Wildman–Crippen MR) is 70.8 cm³/mol. The third-order valence-corrected chi connectivity index (χ3v) is 3.76. The minimum absolute atomic E-state index is 0.388. The number of carboxylic acids is 1. The summed E-state index contributed by atoms with van der Waals surface area (Å²) >= 11 is 6.21. The molecule has 0 aliphatic carbocycles. The summed E-state index contributed by atoms with van der Waals surface area (Å²) in [6.07, 6.45) is 1.26. The van der Waals surface area contributed by atoms with Crippen molar-refractivity contribution in [1.82, 2.24) is 15.1 Å². The summed E-state index contributed by atoms with van der Waals surface area (Å²) in [7, 11) is 1.81. The Morgan fingerprint density at radius 2 is 2.17 bits per heavy atom. The summed E-state index contributed by atoms with van der Waals surface area (Å²) in [6.45, 7) is 5.88. The van der Waals surface area contributed by atoms with E-state index in [1.54, 1.807) is 11.6 Å². The van der Waals surface area contributed by atoms with Gasteiger partial charge >= 0.3 is 5.97 Å². The maximum absolute atomic E-state index is 11.2. The number of aromatic nitrogens is 2. The van der Waals surface area contributed by atoms with Crippen LogP contribution >= 0.6 is 11.6 Å². The van der Waals surface area contributed by atoms with Crippen molar-refractivity contribution in [1.29, 1.82) is 0 Å². The Morgan fingerprint density at radius 3 is 2.56 bits per heavy atom. The van der Waals surface area contributed by atoms with Crippen molar-refractivity contribution in [3.8, 4) is 0 Å². The lowest BCUT2D eigenvalue weighted by Gasteiger charge is -2.24. The van der Waals surface area contributed by atoms with Crippen LogP contribution in [0.4, 0.5) is 0 Å². The number of carbonyl (C=O) groups is 1. The lowest BCUT2D eigenvalue weighted by atomic mass is 9.99. The van der Waals surface area contributed by atoms with Crippen molar-refractivity contribution < 1.29 is 9.90 Å². The van der Waals surface area contributed by atoms with Crippen LogP contribution in [-0.2, 0) is 24.8 Å². The van der Waals surface area contributed by atoms with Crippen LogP contribution in [0.25, 0.3) is 0 Å². The summed E-state index contributed by atoms with van der Waals surface area (Å²) in [4.78, 5) is 11.2. The number of rotatable bonds is 6. The van der Waals surface area contributed by atoms with E-state index in [0.717, 1.165) is 17.8 Å². The van der Waals surface area contributed by atoms with Crippen LogP contribution in [0.15, 0.2) is 0 Å². The summed E-state index contributed by atoms with van der Waals surface area (Å²) in [5.74, 6) is -0.862. The maximum Gasteiger partial charge on any atom is 0.323 e. The Balaban J connectivity index is 2.86. The lowest BCUT2D eigenvalue weighted by molar-refractivity contribution is -0.144. The van der Waals surface area contributed by atoms with Crippen LogP contribution in [0.1, 0.15) is 38.6 Å². The van der Waals surface area contributed by atoms with Crippen LogP contribution in [0, 0.1) is 0 Å². The minimum Gasteiger partial charge on any atom is -0.480 e. The zero-order chi connectivity index (χ0) is 13.9. The molecule has 2 N–H and O–H groups in total. The fraction of sp³-hybridized carbons (Fsp3) is 0.667. The molecule has 6 heteroatoms. The second kappa shape index (κ2) is 5.71. The third kappa shape index (κ3) is 2.84. The molecular weight excluding hydrogens is 254 g/mol. The van der Waals surface area contributed by atoms with E-state index in [1.165, 1.54) is 0 Å². The molecule has 0 saturated heterocycles. The number of carboxylic acid groups (broad SMARTS) is 1. The van der Waals surface area contributed by atoms with Crippen molar-refractivity contribution in [2.75, 3.05) is 0 Å². The van der Waals surface area contributed by atoms with Gasteiger partial charge in [-0.15, -0.1) is 0 Å². The fourth-order valence-corrected chi connectivity index (χ4v) is 2.00. The molecular formula is C12H20ClN3O2. The predicted octanol–water partition coefficient (Wildman–Crippen LogP) is 1.98. The molecule has 0 aliphatic rings. The molecule has 18 heavy (non-hydrogen) atoms. The van der Waals surface area contributed by atoms with E-state index < -0.39 is 11.5 Å². The van der Waals surface area contributed by atoms with Gasteiger partial charge in [-0.2, -0.15) is 5.10 Å². The van der Waals surface area contributed by atoms with Crippen molar-refractivity contribution in [3.63, 3.8) is 0 Å². The van der Waals surface area contributed by atoms with Crippen molar-refractivity contribution in [2.45, 2.75) is 45.7 Å². The molecule has 1 heterocycles. The minimum atomic E-state index is -0.944. The second-order valence-electron chi connectivity index (χ2n) is 4.53. The number of nitrogens with one attached hydrogen (secondary N) is 1. The molecule has 0 aromatic carbocycles. The van der Waals surface area contributed by atoms with Gasteiger partial charge in [0.1, 0.15) is 5.54 Å². The molecule has 1 aromatic heterocycles. The number of hydrogen-bond donors (Lipinski definition) is 2. The van der Waals surface area contributed by atoms with E-state index in [2.05, 4.69) is 10.4 Å². The van der Waals surface area contributed by atoms with Gasteiger partial charge in [-0.1, -0.05) is 25.4 Å². The smallest absolute Gasteiger partial charge is 0.323 e. The Labute approximate surface area is 112 Å². The normalized spacial score (nSPS) is 14.5. The summed E-state index contributed by atoms with van der Waals surface area (Å²) in [5.41, 5.74) is 0.707. The first-order valence-electron chi connectivity index (χ1n) is 6.04. The Kier molecular flexibility index (Phi) is 4.76. The molecule has 0 fully saturated rings. The van der Waals surface area contributed by atoms with Gasteiger partial charge in [0.2, 0.25) is 0 Å². The number of aliphatic carboxylic acids is 1. The molecule has 1 atom stereocenters. The van der Waals surface area contributed by atoms with Crippen molar-refractivity contribution in [2.24, 2.45) is 7.05 Å². The highest BCUT2D eigenvalue weighted by atomic mass is 35.5. The molecule has 0 bridgehead atoms. The number of aryl methyl sites for hydroxylation is 2. The first-order valence-corrected chi connectivity index (χ1v) is 6.42. The fourth-order valence-electron chi connectivity index (χ4n) is 1.64. The zero-order valence-corrected chi connectivity index (χ0v) is 12.0. The van der Waals surface area contributed by atoms with Gasteiger partial charge in [-0.05, 0) is 19.8 Å². The first kappa shape index (κ1) is 15.0. The molecule has 1 aromatic rings. The van der Waals surface area contributed by atoms with Gasteiger partial charge in [0.15, 0.2) is 0 Å². The molecule has 102 valence electrons. The average molecular weight is 274 g/mol. The van der Waals surface area contributed by atoms with E-state index in [9.17, 15) is 9.90 Å². The summed E-state index contributed by atoms with van der Waals surface area (Å²) < 4.78 is 1.70. The SMILES string of the molecule is CCc1nn(C)c(CNC(C)(CC)C(=O)O)c1Cl. The second-order valence-corrected chi connectivity index (χ2v) is 4.91. The maximum atomic E-state index is 11.2. The van der Waals surface area contributed by atoms with Crippen LogP contribution in [0.2, 0.25) is 5.02 Å². The quantitative estimate of drug-likeness (QED) is 0.832. The molecule has 0 radical (unpaired) electrons. The topological polar surface area (TPSA) is 67.2 Å². The van der Waals surface area contributed by atoms with Gasteiger partial charge in [-0.25, -0.2) is 0 Å². The third-order valence-electron chi connectivity index (χ3n) is 3.33. The molecule has 1 rings (SSSR count). The highest BCUT2D eigenvalue weighted by molar-refractivity contribution is 6.31. The summed E-state index contributed by atoms with van der Waals surface area (Å²) in [6, 6.07) is 0. The molecule has 0 aliphatic heterocycles. The van der Waals surface area contributed by atoms with Crippen LogP contribution in [0.3, 0.4) is 0 Å². The van der Waals surface area contributed by atoms with Crippen LogP contribution in [0.5, 0.6) is 0 Å². The molecule has 0 saturated carbocycles. The van der Waals surface area contributed by atoms with E-state index in [1.807, 2.05) is 20.9 Å². The molecule has 0 spiro atoms. The highest BCUT2D eigenvalue weighted by Gasteiger charge is 2.30. The standard InChI is InChI=1S/C12H20ClN3O2/c1-5-8-10(13)9(16(4)15-8)7-14-12(3,6-2)11(17)18/h14H,5-7H2,1-4H3,(H,17,18). The van der Waals surface area contributed by atoms with Gasteiger partial charge in [0.25, 0.3) is 0 Å². The Hall–Kier alpha value is -1.07. The highest BCUT2D eigenvalue weighted by Crippen LogP contribution is 2.21.